The number of nitrogens with zero attached hydrogens (tertiary/aromatic N) is 2. The highest BCUT2D eigenvalue weighted by molar-refractivity contribution is 5.85. The number of amides is 1. The van der Waals surface area contributed by atoms with Crippen LogP contribution in [0.3, 0.4) is 0 Å². The van der Waals surface area contributed by atoms with Crippen LogP contribution in [0, 0.1) is 5.41 Å². The third-order valence-corrected chi connectivity index (χ3v) is 4.03. The summed E-state index contributed by atoms with van der Waals surface area (Å²) in [5.74, 6) is 0.901. The van der Waals surface area contributed by atoms with E-state index >= 15 is 0 Å². The van der Waals surface area contributed by atoms with Crippen molar-refractivity contribution in [3.05, 3.63) is 12.2 Å². The molecule has 0 atom stereocenters. The van der Waals surface area contributed by atoms with Gasteiger partial charge in [-0.3, -0.25) is 9.89 Å². The first-order valence-electron chi connectivity index (χ1n) is 7.05. The van der Waals surface area contributed by atoms with Crippen molar-refractivity contribution in [2.75, 3.05) is 13.1 Å². The van der Waals surface area contributed by atoms with Gasteiger partial charge in [-0.2, -0.15) is 5.10 Å². The van der Waals surface area contributed by atoms with E-state index in [0.717, 1.165) is 18.7 Å². The second kappa shape index (κ2) is 8.21. The largest absolute Gasteiger partial charge is 0.356 e. The quantitative estimate of drug-likeness (QED) is 0.735. The van der Waals surface area contributed by atoms with E-state index in [1.807, 2.05) is 0 Å². The molecule has 0 bridgehead atoms. The van der Waals surface area contributed by atoms with Crippen molar-refractivity contribution in [2.24, 2.45) is 11.1 Å². The van der Waals surface area contributed by atoms with E-state index in [1.54, 1.807) is 0 Å². The lowest BCUT2D eigenvalue weighted by Crippen LogP contribution is -2.39. The predicted octanol–water partition coefficient (Wildman–Crippen LogP) is 1.18. The van der Waals surface area contributed by atoms with Crippen molar-refractivity contribution in [1.82, 2.24) is 20.5 Å². The second-order valence-electron chi connectivity index (χ2n) is 5.47. The van der Waals surface area contributed by atoms with Crippen LogP contribution in [0.4, 0.5) is 0 Å². The van der Waals surface area contributed by atoms with Crippen LogP contribution in [0.15, 0.2) is 6.33 Å². The highest BCUT2D eigenvalue weighted by Gasteiger charge is 2.32. The van der Waals surface area contributed by atoms with E-state index in [4.69, 9.17) is 5.73 Å². The number of halogens is 1. The maximum absolute atomic E-state index is 12.0. The molecule has 4 N–H and O–H groups in total. The maximum atomic E-state index is 12.0. The summed E-state index contributed by atoms with van der Waals surface area (Å²) < 4.78 is 0. The lowest BCUT2D eigenvalue weighted by molar-refractivity contribution is -0.123. The van der Waals surface area contributed by atoms with Crippen molar-refractivity contribution in [3.63, 3.8) is 0 Å². The zero-order chi connectivity index (χ0) is 13.6. The lowest BCUT2D eigenvalue weighted by atomic mass is 9.71. The minimum absolute atomic E-state index is 0. The number of rotatable bonds is 6. The molecule has 7 heteroatoms. The second-order valence-corrected chi connectivity index (χ2v) is 5.47. The fourth-order valence-corrected chi connectivity index (χ4v) is 2.83. The molecule has 0 aromatic carbocycles. The van der Waals surface area contributed by atoms with Crippen molar-refractivity contribution in [1.29, 1.82) is 0 Å². The first kappa shape index (κ1) is 16.9. The number of hydrogen-bond donors (Lipinski definition) is 3. The summed E-state index contributed by atoms with van der Waals surface area (Å²) in [6.07, 6.45) is 8.54. The third-order valence-electron chi connectivity index (χ3n) is 4.03. The highest BCUT2D eigenvalue weighted by Crippen LogP contribution is 2.38. The topological polar surface area (TPSA) is 96.7 Å². The number of nitrogens with two attached hydrogens (primary N) is 1. The first-order chi connectivity index (χ1) is 9.24. The Bertz CT molecular complexity index is 389. The number of carbonyl (C=O) groups is 1. The van der Waals surface area contributed by atoms with Gasteiger partial charge in [0.05, 0.1) is 0 Å². The number of aromatic nitrogens is 3. The average molecular weight is 302 g/mol. The molecule has 1 heterocycles. The van der Waals surface area contributed by atoms with Gasteiger partial charge in [-0.15, -0.1) is 12.4 Å². The molecule has 1 aliphatic rings. The molecule has 0 spiro atoms. The number of carbonyl (C=O) groups excluding carboxylic acids is 1. The van der Waals surface area contributed by atoms with Gasteiger partial charge in [0.1, 0.15) is 12.2 Å². The number of H-pyrrole nitrogens is 1. The molecular weight excluding hydrogens is 278 g/mol. The van der Waals surface area contributed by atoms with Gasteiger partial charge in [0.2, 0.25) is 5.91 Å². The predicted molar refractivity (Wildman–Crippen MR) is 79.5 cm³/mol. The molecule has 0 saturated heterocycles. The fourth-order valence-electron chi connectivity index (χ4n) is 2.83. The molecule has 1 saturated carbocycles. The molecule has 1 aromatic rings. The van der Waals surface area contributed by atoms with Crippen molar-refractivity contribution in [3.8, 4) is 0 Å². The molecule has 1 aromatic heterocycles. The molecule has 1 fully saturated rings. The minimum atomic E-state index is 0. The Kier molecular flexibility index (Phi) is 6.95. The molecule has 0 radical (unpaired) electrons. The number of hydrogen-bond acceptors (Lipinski definition) is 4. The van der Waals surface area contributed by atoms with Gasteiger partial charge < -0.3 is 11.1 Å². The third kappa shape index (κ3) is 4.76. The van der Waals surface area contributed by atoms with Crippen molar-refractivity contribution >= 4 is 18.3 Å². The molecule has 6 nitrogen and oxygen atoms in total. The average Bonchev–Trinajstić information content (AvgIpc) is 2.93. The van der Waals surface area contributed by atoms with Gasteiger partial charge in [0.25, 0.3) is 0 Å². The normalized spacial score (nSPS) is 17.2. The summed E-state index contributed by atoms with van der Waals surface area (Å²) in [5.41, 5.74) is 5.93. The van der Waals surface area contributed by atoms with E-state index < -0.39 is 0 Å². The van der Waals surface area contributed by atoms with Gasteiger partial charge in [0.15, 0.2) is 0 Å². The van der Waals surface area contributed by atoms with E-state index in [0.29, 0.717) is 25.9 Å². The Hall–Kier alpha value is -1.14. The maximum Gasteiger partial charge on any atom is 0.220 e. The summed E-state index contributed by atoms with van der Waals surface area (Å²) in [6.45, 7) is 1.21. The van der Waals surface area contributed by atoms with Gasteiger partial charge >= 0.3 is 0 Å². The van der Waals surface area contributed by atoms with Gasteiger partial charge in [-0.25, -0.2) is 4.98 Å². The smallest absolute Gasteiger partial charge is 0.220 e. The van der Waals surface area contributed by atoms with Crippen LogP contribution >= 0.6 is 12.4 Å². The monoisotopic (exact) mass is 301 g/mol. The van der Waals surface area contributed by atoms with E-state index in [9.17, 15) is 4.79 Å². The molecular formula is C13H24ClN5O. The van der Waals surface area contributed by atoms with Crippen LogP contribution in [-0.2, 0) is 11.2 Å². The van der Waals surface area contributed by atoms with Crippen molar-refractivity contribution < 1.29 is 4.79 Å². The molecule has 0 aliphatic heterocycles. The zero-order valence-corrected chi connectivity index (χ0v) is 12.5. The van der Waals surface area contributed by atoms with Gasteiger partial charge in [-0.1, -0.05) is 19.3 Å². The van der Waals surface area contributed by atoms with Crippen LogP contribution in [0.25, 0.3) is 0 Å². The minimum Gasteiger partial charge on any atom is -0.356 e. The SMILES string of the molecule is Cl.NCC1(CC(=O)NCCc2ncn[nH]2)CCCCC1. The molecule has 1 aliphatic carbocycles. The van der Waals surface area contributed by atoms with Crippen molar-refractivity contribution in [2.45, 2.75) is 44.9 Å². The molecule has 0 unspecified atom stereocenters. The Balaban J connectivity index is 0.00000200. The van der Waals surface area contributed by atoms with E-state index in [1.165, 1.54) is 25.6 Å². The van der Waals surface area contributed by atoms with Gasteiger partial charge in [-0.05, 0) is 24.8 Å². The Morgan fingerprint density at radius 3 is 2.75 bits per heavy atom. The Morgan fingerprint density at radius 1 is 1.40 bits per heavy atom. The summed E-state index contributed by atoms with van der Waals surface area (Å²) in [6, 6.07) is 0. The van der Waals surface area contributed by atoms with Crippen LogP contribution < -0.4 is 11.1 Å². The molecule has 114 valence electrons. The summed E-state index contributed by atoms with van der Waals surface area (Å²) in [4.78, 5) is 16.0. The van der Waals surface area contributed by atoms with Crippen LogP contribution in [0.2, 0.25) is 0 Å². The molecule has 2 rings (SSSR count). The van der Waals surface area contributed by atoms with E-state index in [2.05, 4.69) is 20.5 Å². The Labute approximate surface area is 125 Å². The molecule has 20 heavy (non-hydrogen) atoms. The van der Waals surface area contributed by atoms with Gasteiger partial charge in [0, 0.05) is 19.4 Å². The summed E-state index contributed by atoms with van der Waals surface area (Å²) >= 11 is 0. The highest BCUT2D eigenvalue weighted by atomic mass is 35.5. The number of nitrogens with one attached hydrogen (secondary N) is 2. The van der Waals surface area contributed by atoms with Crippen LogP contribution in [0.5, 0.6) is 0 Å². The first-order valence-corrected chi connectivity index (χ1v) is 7.05. The summed E-state index contributed by atoms with van der Waals surface area (Å²) in [7, 11) is 0. The van der Waals surface area contributed by atoms with Crippen LogP contribution in [0.1, 0.15) is 44.3 Å². The molecule has 1 amide bonds. The Morgan fingerprint density at radius 2 is 2.15 bits per heavy atom. The van der Waals surface area contributed by atoms with Crippen LogP contribution in [-0.4, -0.2) is 34.2 Å². The summed E-state index contributed by atoms with van der Waals surface area (Å²) in [5, 5.41) is 9.50. The standard InChI is InChI=1S/C13H23N5O.ClH/c14-9-13(5-2-1-3-6-13)8-12(19)15-7-4-11-16-10-17-18-11;/h10H,1-9,14H2,(H,15,19)(H,16,17,18);1H. The lowest BCUT2D eigenvalue weighted by Gasteiger charge is -2.35. The van der Waals surface area contributed by atoms with E-state index in [-0.39, 0.29) is 23.7 Å². The fraction of sp³-hybridized carbons (Fsp3) is 0.769. The zero-order valence-electron chi connectivity index (χ0n) is 11.7. The number of aromatic amines is 1.